The van der Waals surface area contributed by atoms with Crippen LogP contribution in [0.25, 0.3) is 0 Å². The fourth-order valence-corrected chi connectivity index (χ4v) is 4.49. The van der Waals surface area contributed by atoms with Gasteiger partial charge in [-0.1, -0.05) is 26.7 Å². The average molecular weight is 345 g/mol. The molecule has 1 aromatic rings. The molecule has 1 aliphatic carbocycles. The Kier molecular flexibility index (Phi) is 5.52. The quantitative estimate of drug-likeness (QED) is 0.891. The third-order valence-electron chi connectivity index (χ3n) is 4.74. The topological polar surface area (TPSA) is 64.6 Å². The molecule has 0 aliphatic heterocycles. The minimum absolute atomic E-state index is 0.156. The highest BCUT2D eigenvalue weighted by molar-refractivity contribution is 7.89. The van der Waals surface area contributed by atoms with Crippen LogP contribution in [0.15, 0.2) is 17.0 Å². The van der Waals surface area contributed by atoms with E-state index >= 15 is 0 Å². The van der Waals surface area contributed by atoms with Crippen LogP contribution in [0.1, 0.15) is 33.1 Å². The molecular weight excluding hydrogens is 321 g/mol. The Balaban J connectivity index is 2.32. The van der Waals surface area contributed by atoms with Gasteiger partial charge >= 0.3 is 0 Å². The van der Waals surface area contributed by atoms with E-state index in [2.05, 4.69) is 11.6 Å². The summed E-state index contributed by atoms with van der Waals surface area (Å²) in [6.07, 6.45) is 2.82. The maximum atomic E-state index is 14.2. The summed E-state index contributed by atoms with van der Waals surface area (Å²) in [7, 11) is -1.22. The molecular formula is C16H24FNO4S. The van der Waals surface area contributed by atoms with Crippen molar-refractivity contribution in [2.24, 2.45) is 11.8 Å². The molecule has 1 N–H and O–H groups in total. The van der Waals surface area contributed by atoms with E-state index in [4.69, 9.17) is 9.47 Å². The molecule has 0 heterocycles. The van der Waals surface area contributed by atoms with Crippen LogP contribution in [0.2, 0.25) is 0 Å². The van der Waals surface area contributed by atoms with Gasteiger partial charge in [-0.2, -0.15) is 0 Å². The summed E-state index contributed by atoms with van der Waals surface area (Å²) in [5, 5.41) is 0. The minimum atomic E-state index is -3.97. The standard InChI is InChI=1S/C16H24FNO4S/c1-10-6-5-7-13(11(10)2)18-23(19,20)16-9-15(22-4)14(21-3)8-12(16)17/h8-11,13,18H,5-7H2,1-4H3. The van der Waals surface area contributed by atoms with E-state index in [9.17, 15) is 12.8 Å². The van der Waals surface area contributed by atoms with E-state index in [1.165, 1.54) is 14.2 Å². The number of methoxy groups -OCH3 is 2. The second-order valence-electron chi connectivity index (χ2n) is 6.13. The lowest BCUT2D eigenvalue weighted by atomic mass is 9.78. The molecule has 3 unspecified atom stereocenters. The number of sulfonamides is 1. The summed E-state index contributed by atoms with van der Waals surface area (Å²) in [4.78, 5) is -0.416. The molecule has 0 spiro atoms. The second kappa shape index (κ2) is 7.05. The number of halogens is 1. The molecule has 1 aromatic carbocycles. The zero-order valence-electron chi connectivity index (χ0n) is 13.9. The van der Waals surface area contributed by atoms with Gasteiger partial charge in [0.25, 0.3) is 0 Å². The van der Waals surface area contributed by atoms with Gasteiger partial charge in [-0.15, -0.1) is 0 Å². The zero-order valence-corrected chi connectivity index (χ0v) is 14.7. The average Bonchev–Trinajstić information content (AvgIpc) is 2.51. The van der Waals surface area contributed by atoms with Gasteiger partial charge in [0, 0.05) is 18.2 Å². The number of hydrogen-bond acceptors (Lipinski definition) is 4. The summed E-state index contributed by atoms with van der Waals surface area (Å²) < 4.78 is 52.1. The maximum absolute atomic E-state index is 14.2. The molecule has 0 aromatic heterocycles. The predicted octanol–water partition coefficient (Wildman–Crippen LogP) is 2.95. The van der Waals surface area contributed by atoms with Crippen LogP contribution < -0.4 is 14.2 Å². The van der Waals surface area contributed by atoms with Crippen LogP contribution >= 0.6 is 0 Å². The molecule has 1 aliphatic rings. The Morgan fingerprint density at radius 1 is 1.13 bits per heavy atom. The van der Waals surface area contributed by atoms with Crippen molar-refractivity contribution >= 4 is 10.0 Å². The van der Waals surface area contributed by atoms with Crippen molar-refractivity contribution in [1.29, 1.82) is 0 Å². The molecule has 1 fully saturated rings. The molecule has 7 heteroatoms. The summed E-state index contributed by atoms with van der Waals surface area (Å²) in [6, 6.07) is 2.00. The van der Waals surface area contributed by atoms with Crippen molar-refractivity contribution in [3.63, 3.8) is 0 Å². The fourth-order valence-electron chi connectivity index (χ4n) is 3.05. The normalized spacial score (nSPS) is 25.2. The maximum Gasteiger partial charge on any atom is 0.243 e. The van der Waals surface area contributed by atoms with Crippen LogP contribution in [0.5, 0.6) is 11.5 Å². The van der Waals surface area contributed by atoms with E-state index in [1.54, 1.807) is 0 Å². The van der Waals surface area contributed by atoms with Gasteiger partial charge in [0.15, 0.2) is 11.5 Å². The fraction of sp³-hybridized carbons (Fsp3) is 0.625. The summed E-state index contributed by atoms with van der Waals surface area (Å²) in [5.41, 5.74) is 0. The van der Waals surface area contributed by atoms with E-state index < -0.39 is 20.7 Å². The molecule has 0 saturated heterocycles. The minimum Gasteiger partial charge on any atom is -0.493 e. The lowest BCUT2D eigenvalue weighted by Crippen LogP contribution is -2.43. The number of rotatable bonds is 5. The molecule has 0 bridgehead atoms. The van der Waals surface area contributed by atoms with E-state index in [0.717, 1.165) is 31.4 Å². The van der Waals surface area contributed by atoms with Gasteiger partial charge in [0.1, 0.15) is 10.7 Å². The highest BCUT2D eigenvalue weighted by Crippen LogP contribution is 2.34. The lowest BCUT2D eigenvalue weighted by molar-refractivity contribution is 0.226. The van der Waals surface area contributed by atoms with E-state index in [1.807, 2.05) is 6.92 Å². The first-order valence-corrected chi connectivity index (χ1v) is 9.22. The number of benzene rings is 1. The molecule has 2 rings (SSSR count). The van der Waals surface area contributed by atoms with Crippen molar-refractivity contribution in [2.75, 3.05) is 14.2 Å². The van der Waals surface area contributed by atoms with Crippen LogP contribution in [0, 0.1) is 17.7 Å². The van der Waals surface area contributed by atoms with Crippen molar-refractivity contribution in [3.05, 3.63) is 17.9 Å². The van der Waals surface area contributed by atoms with Crippen LogP contribution in [-0.2, 0) is 10.0 Å². The highest BCUT2D eigenvalue weighted by atomic mass is 32.2. The van der Waals surface area contributed by atoms with Gasteiger partial charge in [-0.05, 0) is 18.3 Å². The third kappa shape index (κ3) is 3.77. The predicted molar refractivity (Wildman–Crippen MR) is 85.8 cm³/mol. The van der Waals surface area contributed by atoms with Crippen molar-refractivity contribution in [1.82, 2.24) is 4.72 Å². The monoisotopic (exact) mass is 345 g/mol. The molecule has 23 heavy (non-hydrogen) atoms. The Bertz CT molecular complexity index is 662. The molecule has 0 radical (unpaired) electrons. The first-order valence-electron chi connectivity index (χ1n) is 7.74. The van der Waals surface area contributed by atoms with Gasteiger partial charge in [0.2, 0.25) is 10.0 Å². The van der Waals surface area contributed by atoms with Gasteiger partial charge in [-0.3, -0.25) is 0 Å². The molecule has 130 valence electrons. The molecule has 3 atom stereocenters. The van der Waals surface area contributed by atoms with Gasteiger partial charge in [-0.25, -0.2) is 17.5 Å². The number of ether oxygens (including phenoxy) is 2. The first kappa shape index (κ1) is 18.0. The highest BCUT2D eigenvalue weighted by Gasteiger charge is 2.32. The van der Waals surface area contributed by atoms with Crippen LogP contribution in [0.4, 0.5) is 4.39 Å². The van der Waals surface area contributed by atoms with E-state index in [-0.39, 0.29) is 23.5 Å². The van der Waals surface area contributed by atoms with Crippen LogP contribution in [0.3, 0.4) is 0 Å². The third-order valence-corrected chi connectivity index (χ3v) is 6.25. The Morgan fingerprint density at radius 3 is 2.35 bits per heavy atom. The van der Waals surface area contributed by atoms with Crippen LogP contribution in [-0.4, -0.2) is 28.7 Å². The number of hydrogen-bond donors (Lipinski definition) is 1. The zero-order chi connectivity index (χ0) is 17.2. The summed E-state index contributed by atoms with van der Waals surface area (Å²) >= 11 is 0. The second-order valence-corrected chi connectivity index (χ2v) is 7.82. The Labute approximate surface area is 137 Å². The first-order chi connectivity index (χ1) is 10.8. The Morgan fingerprint density at radius 2 is 1.74 bits per heavy atom. The lowest BCUT2D eigenvalue weighted by Gasteiger charge is -2.34. The van der Waals surface area contributed by atoms with Crippen molar-refractivity contribution < 1.29 is 22.3 Å². The Hall–Kier alpha value is -1.34. The van der Waals surface area contributed by atoms with Gasteiger partial charge < -0.3 is 9.47 Å². The summed E-state index contributed by atoms with van der Waals surface area (Å²) in [6.45, 7) is 4.14. The molecule has 1 saturated carbocycles. The SMILES string of the molecule is COc1cc(F)c(S(=O)(=O)NC2CCCC(C)C2C)cc1OC. The smallest absolute Gasteiger partial charge is 0.243 e. The largest absolute Gasteiger partial charge is 0.493 e. The van der Waals surface area contributed by atoms with Crippen molar-refractivity contribution in [2.45, 2.75) is 44.0 Å². The molecule has 0 amide bonds. The van der Waals surface area contributed by atoms with Gasteiger partial charge in [0.05, 0.1) is 14.2 Å². The number of nitrogens with one attached hydrogen (secondary N) is 1. The van der Waals surface area contributed by atoms with E-state index in [0.29, 0.717) is 5.92 Å². The van der Waals surface area contributed by atoms with Crippen molar-refractivity contribution in [3.8, 4) is 11.5 Å². The summed E-state index contributed by atoms with van der Waals surface area (Å²) in [5.74, 6) is 0.128. The molecule has 5 nitrogen and oxygen atoms in total.